The van der Waals surface area contributed by atoms with Gasteiger partial charge in [-0.15, -0.1) is 0 Å². The first-order valence-corrected chi connectivity index (χ1v) is 8.61. The summed E-state index contributed by atoms with van der Waals surface area (Å²) >= 11 is 12.8. The Morgan fingerprint density at radius 2 is 1.79 bits per heavy atom. The number of anilines is 1. The average Bonchev–Trinajstić information content (AvgIpc) is 2.84. The van der Waals surface area contributed by atoms with Crippen LogP contribution in [-0.2, 0) is 4.79 Å². The van der Waals surface area contributed by atoms with Gasteiger partial charge in [0, 0.05) is 5.69 Å². The highest BCUT2D eigenvalue weighted by Gasteiger charge is 2.34. The fourth-order valence-electron chi connectivity index (χ4n) is 2.12. The quantitative estimate of drug-likeness (QED) is 0.751. The maximum absolute atomic E-state index is 12.4. The van der Waals surface area contributed by atoms with Crippen molar-refractivity contribution in [3.05, 3.63) is 69.0 Å². The molecule has 2 amide bonds. The van der Waals surface area contributed by atoms with Crippen molar-refractivity contribution < 1.29 is 9.59 Å². The normalized spacial score (nSPS) is 16.1. The monoisotopic (exact) mass is 378 g/mol. The summed E-state index contributed by atoms with van der Waals surface area (Å²) in [4.78, 5) is 26.0. The Morgan fingerprint density at radius 1 is 1.04 bits per heavy atom. The van der Waals surface area contributed by atoms with Gasteiger partial charge in [0.15, 0.2) is 0 Å². The number of imide groups is 1. The van der Waals surface area contributed by atoms with E-state index in [1.54, 1.807) is 24.3 Å². The van der Waals surface area contributed by atoms with Crippen LogP contribution in [0.4, 0.5) is 10.5 Å². The number of hydrogen-bond acceptors (Lipinski definition) is 4. The van der Waals surface area contributed by atoms with Crippen molar-refractivity contribution in [1.82, 2.24) is 4.90 Å². The van der Waals surface area contributed by atoms with Crippen LogP contribution in [0.2, 0.25) is 10.0 Å². The predicted molar refractivity (Wildman–Crippen MR) is 99.2 cm³/mol. The maximum Gasteiger partial charge on any atom is 0.295 e. The molecule has 0 aromatic heterocycles. The van der Waals surface area contributed by atoms with Gasteiger partial charge in [-0.1, -0.05) is 47.5 Å². The molecule has 1 aliphatic rings. The molecule has 1 fully saturated rings. The minimum absolute atomic E-state index is 0.118. The summed E-state index contributed by atoms with van der Waals surface area (Å²) < 4.78 is 0. The fourth-order valence-corrected chi connectivity index (χ4v) is 3.26. The standard InChI is InChI=1S/C17H12Cl2N2O2S/c18-13-7-6-11(8-14(13)19)9-15-16(22)21(17(23)24-15)10-20-12-4-2-1-3-5-12/h1-9,20H,10H2/b15-9+. The highest BCUT2D eigenvalue weighted by Crippen LogP contribution is 2.33. The van der Waals surface area contributed by atoms with Gasteiger partial charge in [-0.25, -0.2) is 0 Å². The molecule has 0 spiro atoms. The van der Waals surface area contributed by atoms with Crippen molar-refractivity contribution in [3.8, 4) is 0 Å². The van der Waals surface area contributed by atoms with Gasteiger partial charge in [-0.2, -0.15) is 0 Å². The molecule has 0 aliphatic carbocycles. The minimum atomic E-state index is -0.334. The largest absolute Gasteiger partial charge is 0.367 e. The van der Waals surface area contributed by atoms with Crippen LogP contribution in [0, 0.1) is 0 Å². The summed E-state index contributed by atoms with van der Waals surface area (Å²) in [6, 6.07) is 14.4. The molecule has 2 aromatic carbocycles. The molecule has 1 heterocycles. The zero-order valence-corrected chi connectivity index (χ0v) is 14.7. The molecule has 0 radical (unpaired) electrons. The van der Waals surface area contributed by atoms with Gasteiger partial charge in [0.1, 0.15) is 0 Å². The summed E-state index contributed by atoms with van der Waals surface area (Å²) in [7, 11) is 0. The van der Waals surface area contributed by atoms with Gasteiger partial charge >= 0.3 is 0 Å². The third-order valence-electron chi connectivity index (χ3n) is 3.33. The summed E-state index contributed by atoms with van der Waals surface area (Å²) in [6.07, 6.45) is 1.63. The Kier molecular flexibility index (Phi) is 5.14. The lowest BCUT2D eigenvalue weighted by Gasteiger charge is -2.14. The van der Waals surface area contributed by atoms with Crippen LogP contribution in [0.15, 0.2) is 53.4 Å². The van der Waals surface area contributed by atoms with Crippen molar-refractivity contribution in [3.63, 3.8) is 0 Å². The van der Waals surface area contributed by atoms with E-state index in [0.717, 1.165) is 17.4 Å². The Balaban J connectivity index is 1.73. The molecule has 0 bridgehead atoms. The molecule has 122 valence electrons. The topological polar surface area (TPSA) is 49.4 Å². The second-order valence-corrected chi connectivity index (χ2v) is 6.79. The van der Waals surface area contributed by atoms with Gasteiger partial charge < -0.3 is 5.32 Å². The Morgan fingerprint density at radius 3 is 2.50 bits per heavy atom. The average molecular weight is 379 g/mol. The van der Waals surface area contributed by atoms with E-state index in [0.29, 0.717) is 20.5 Å². The van der Waals surface area contributed by atoms with Gasteiger partial charge in [-0.05, 0) is 47.7 Å². The summed E-state index contributed by atoms with van der Waals surface area (Å²) in [5, 5.41) is 3.58. The van der Waals surface area contributed by atoms with E-state index < -0.39 is 0 Å². The number of nitrogens with zero attached hydrogens (tertiary/aromatic N) is 1. The van der Waals surface area contributed by atoms with Crippen molar-refractivity contribution in [1.29, 1.82) is 0 Å². The van der Waals surface area contributed by atoms with E-state index in [2.05, 4.69) is 5.32 Å². The van der Waals surface area contributed by atoms with E-state index in [1.807, 2.05) is 30.3 Å². The third-order valence-corrected chi connectivity index (χ3v) is 4.98. The Labute approximate surface area is 153 Å². The zero-order valence-electron chi connectivity index (χ0n) is 12.3. The molecule has 4 nitrogen and oxygen atoms in total. The number of para-hydroxylation sites is 1. The van der Waals surface area contributed by atoms with Crippen molar-refractivity contribution in [2.45, 2.75) is 0 Å². The maximum atomic E-state index is 12.4. The lowest BCUT2D eigenvalue weighted by atomic mass is 10.2. The molecule has 7 heteroatoms. The van der Waals surface area contributed by atoms with E-state index >= 15 is 0 Å². The van der Waals surface area contributed by atoms with Crippen LogP contribution >= 0.6 is 35.0 Å². The van der Waals surface area contributed by atoms with E-state index in [4.69, 9.17) is 23.2 Å². The number of amides is 2. The highest BCUT2D eigenvalue weighted by molar-refractivity contribution is 8.18. The van der Waals surface area contributed by atoms with E-state index in [1.165, 1.54) is 4.90 Å². The van der Waals surface area contributed by atoms with Crippen LogP contribution < -0.4 is 5.32 Å². The van der Waals surface area contributed by atoms with Crippen molar-refractivity contribution in [2.75, 3.05) is 12.0 Å². The molecule has 1 aliphatic heterocycles. The predicted octanol–water partition coefficient (Wildman–Crippen LogP) is 5.10. The number of nitrogens with one attached hydrogen (secondary N) is 1. The number of thioether (sulfide) groups is 1. The van der Waals surface area contributed by atoms with Crippen molar-refractivity contribution >= 4 is 57.9 Å². The second-order valence-electron chi connectivity index (χ2n) is 4.98. The molecular formula is C17H12Cl2N2O2S. The smallest absolute Gasteiger partial charge is 0.295 e. The second kappa shape index (κ2) is 7.30. The lowest BCUT2D eigenvalue weighted by Crippen LogP contribution is -2.33. The van der Waals surface area contributed by atoms with Gasteiger partial charge in [0.2, 0.25) is 0 Å². The summed E-state index contributed by atoms with van der Waals surface area (Å²) in [6.45, 7) is 0.118. The first-order valence-electron chi connectivity index (χ1n) is 7.04. The van der Waals surface area contributed by atoms with Gasteiger partial charge in [0.05, 0.1) is 21.6 Å². The molecule has 24 heavy (non-hydrogen) atoms. The molecule has 2 aromatic rings. The van der Waals surface area contributed by atoms with Crippen LogP contribution in [0.3, 0.4) is 0 Å². The SMILES string of the molecule is O=C1S/C(=C/c2ccc(Cl)c(Cl)c2)C(=O)N1CNc1ccccc1. The van der Waals surface area contributed by atoms with Crippen LogP contribution in [-0.4, -0.2) is 22.7 Å². The van der Waals surface area contributed by atoms with Crippen molar-refractivity contribution in [2.24, 2.45) is 0 Å². The minimum Gasteiger partial charge on any atom is -0.367 e. The number of carbonyl (C=O) groups is 2. The summed E-state index contributed by atoms with van der Waals surface area (Å²) in [5.41, 5.74) is 1.55. The van der Waals surface area contributed by atoms with Crippen LogP contribution in [0.1, 0.15) is 5.56 Å². The fraction of sp³-hybridized carbons (Fsp3) is 0.0588. The highest BCUT2D eigenvalue weighted by atomic mass is 35.5. The van der Waals surface area contributed by atoms with E-state index in [-0.39, 0.29) is 17.8 Å². The molecule has 0 unspecified atom stereocenters. The van der Waals surface area contributed by atoms with Crippen LogP contribution in [0.5, 0.6) is 0 Å². The third kappa shape index (κ3) is 3.75. The van der Waals surface area contributed by atoms with E-state index in [9.17, 15) is 9.59 Å². The number of hydrogen-bond donors (Lipinski definition) is 1. The number of rotatable bonds is 4. The number of carbonyl (C=O) groups excluding carboxylic acids is 2. The first kappa shape index (κ1) is 16.9. The molecular weight excluding hydrogens is 367 g/mol. The van der Waals surface area contributed by atoms with Gasteiger partial charge in [0.25, 0.3) is 11.1 Å². The first-order chi connectivity index (χ1) is 11.5. The van der Waals surface area contributed by atoms with Crippen LogP contribution in [0.25, 0.3) is 6.08 Å². The molecule has 1 N–H and O–H groups in total. The number of benzene rings is 2. The Hall–Kier alpha value is -1.95. The molecule has 3 rings (SSSR count). The molecule has 1 saturated heterocycles. The molecule has 0 saturated carbocycles. The Bertz CT molecular complexity index is 825. The lowest BCUT2D eigenvalue weighted by molar-refractivity contribution is -0.122. The number of halogens is 2. The summed E-state index contributed by atoms with van der Waals surface area (Å²) in [5.74, 6) is -0.334. The molecule has 0 atom stereocenters. The van der Waals surface area contributed by atoms with Gasteiger partial charge in [-0.3, -0.25) is 14.5 Å². The zero-order chi connectivity index (χ0) is 17.1.